The van der Waals surface area contributed by atoms with Gasteiger partial charge in [-0.25, -0.2) is 0 Å². The van der Waals surface area contributed by atoms with Gasteiger partial charge in [-0.05, 0) is 30.4 Å². The SMILES string of the molecule is Cc1cc(Oc2[c-]c(-c3cc(C)ccn3)cc(C)c2)[c-]c(-c2ccccn2)c1.[Pd+2]. The molecule has 0 atom stereocenters. The van der Waals surface area contributed by atoms with Gasteiger partial charge in [0.15, 0.2) is 0 Å². The van der Waals surface area contributed by atoms with E-state index in [0.717, 1.165) is 39.2 Å². The first kappa shape index (κ1) is 20.9. The standard InChI is InChI=1S/C25H20N2O.Pd/c1-17-7-9-27-25(14-17)21-11-19(3)13-23(16-21)28-22-12-18(2)10-20(15-22)24-6-4-5-8-26-24;/h4-14H,1-3H3;/q-2;+2. The van der Waals surface area contributed by atoms with Crippen molar-refractivity contribution >= 4 is 0 Å². The zero-order chi connectivity index (χ0) is 19.5. The first-order chi connectivity index (χ1) is 13.6. The van der Waals surface area contributed by atoms with Crippen LogP contribution in [0.4, 0.5) is 0 Å². The van der Waals surface area contributed by atoms with Crippen molar-refractivity contribution in [2.24, 2.45) is 0 Å². The molecular formula is C25H20N2OPd. The monoisotopic (exact) mass is 470 g/mol. The summed E-state index contributed by atoms with van der Waals surface area (Å²) in [6, 6.07) is 24.6. The molecule has 0 radical (unpaired) electrons. The minimum absolute atomic E-state index is 0. The van der Waals surface area contributed by atoms with Gasteiger partial charge in [-0.1, -0.05) is 61.9 Å². The fourth-order valence-electron chi connectivity index (χ4n) is 3.07. The molecule has 3 nitrogen and oxygen atoms in total. The molecule has 0 N–H and O–H groups in total. The van der Waals surface area contributed by atoms with E-state index in [0.29, 0.717) is 11.5 Å². The molecule has 0 aliphatic carbocycles. The summed E-state index contributed by atoms with van der Waals surface area (Å²) in [6.45, 7) is 6.13. The van der Waals surface area contributed by atoms with Crippen LogP contribution in [0.2, 0.25) is 0 Å². The maximum absolute atomic E-state index is 6.13. The van der Waals surface area contributed by atoms with E-state index in [4.69, 9.17) is 4.74 Å². The average Bonchev–Trinajstić information content (AvgIpc) is 2.68. The Bertz CT molecular complexity index is 1130. The van der Waals surface area contributed by atoms with Gasteiger partial charge >= 0.3 is 20.4 Å². The molecule has 4 heteroatoms. The normalized spacial score (nSPS) is 10.3. The minimum atomic E-state index is 0. The molecule has 0 aliphatic rings. The second-order valence-electron chi connectivity index (χ2n) is 6.91. The molecule has 0 bridgehead atoms. The molecule has 0 unspecified atom stereocenters. The number of aromatic nitrogens is 2. The van der Waals surface area contributed by atoms with Gasteiger partial charge in [0.1, 0.15) is 0 Å². The van der Waals surface area contributed by atoms with Crippen molar-refractivity contribution in [3.05, 3.63) is 95.8 Å². The largest absolute Gasteiger partial charge is 2.00 e. The Labute approximate surface area is 185 Å². The summed E-state index contributed by atoms with van der Waals surface area (Å²) < 4.78 is 6.13. The molecule has 2 aromatic carbocycles. The summed E-state index contributed by atoms with van der Waals surface area (Å²) >= 11 is 0. The predicted octanol–water partition coefficient (Wildman–Crippen LogP) is 6.13. The topological polar surface area (TPSA) is 35.0 Å². The quantitative estimate of drug-likeness (QED) is 0.266. The van der Waals surface area contributed by atoms with Crippen molar-refractivity contribution in [2.75, 3.05) is 0 Å². The van der Waals surface area contributed by atoms with Crippen molar-refractivity contribution in [1.82, 2.24) is 9.97 Å². The van der Waals surface area contributed by atoms with Gasteiger partial charge in [-0.15, -0.1) is 34.4 Å². The summed E-state index contributed by atoms with van der Waals surface area (Å²) in [5, 5.41) is 0. The van der Waals surface area contributed by atoms with Crippen LogP contribution < -0.4 is 4.74 Å². The molecule has 0 saturated carbocycles. The summed E-state index contributed by atoms with van der Waals surface area (Å²) in [7, 11) is 0. The van der Waals surface area contributed by atoms with Gasteiger partial charge in [0.2, 0.25) is 0 Å². The second-order valence-corrected chi connectivity index (χ2v) is 6.91. The molecule has 4 rings (SSSR count). The first-order valence-electron chi connectivity index (χ1n) is 9.17. The summed E-state index contributed by atoms with van der Waals surface area (Å²) in [4.78, 5) is 8.88. The number of aryl methyl sites for hydroxylation is 3. The Morgan fingerprint density at radius 3 is 1.86 bits per heavy atom. The predicted molar refractivity (Wildman–Crippen MR) is 111 cm³/mol. The Balaban J connectivity index is 0.00000240. The van der Waals surface area contributed by atoms with E-state index in [1.165, 1.54) is 0 Å². The number of hydrogen-bond acceptors (Lipinski definition) is 3. The molecule has 0 fully saturated rings. The van der Waals surface area contributed by atoms with E-state index in [2.05, 4.69) is 41.2 Å². The maximum atomic E-state index is 6.13. The first-order valence-corrected chi connectivity index (χ1v) is 9.17. The van der Waals surface area contributed by atoms with Crippen LogP contribution in [0.25, 0.3) is 22.5 Å². The Morgan fingerprint density at radius 2 is 1.28 bits per heavy atom. The van der Waals surface area contributed by atoms with Crippen molar-refractivity contribution in [3.8, 4) is 34.0 Å². The van der Waals surface area contributed by atoms with Gasteiger partial charge in [-0.2, -0.15) is 0 Å². The van der Waals surface area contributed by atoms with Gasteiger partial charge in [-0.3, -0.25) is 0 Å². The van der Waals surface area contributed by atoms with Gasteiger partial charge < -0.3 is 14.7 Å². The maximum Gasteiger partial charge on any atom is 2.00 e. The zero-order valence-corrected chi connectivity index (χ0v) is 18.0. The molecule has 29 heavy (non-hydrogen) atoms. The fourth-order valence-corrected chi connectivity index (χ4v) is 3.07. The minimum Gasteiger partial charge on any atom is -0.497 e. The Kier molecular flexibility index (Phi) is 6.59. The smallest absolute Gasteiger partial charge is 0.497 e. The summed E-state index contributed by atoms with van der Waals surface area (Å²) in [5.41, 5.74) is 6.91. The van der Waals surface area contributed by atoms with Crippen LogP contribution >= 0.6 is 0 Å². The van der Waals surface area contributed by atoms with Crippen LogP contribution in [0.15, 0.2) is 67.0 Å². The average molecular weight is 471 g/mol. The van der Waals surface area contributed by atoms with Crippen LogP contribution in [0, 0.1) is 32.9 Å². The molecule has 2 aromatic heterocycles. The van der Waals surface area contributed by atoms with E-state index in [1.807, 2.05) is 62.5 Å². The van der Waals surface area contributed by atoms with Crippen LogP contribution in [0.3, 0.4) is 0 Å². The third kappa shape index (κ3) is 5.18. The Hall–Kier alpha value is -2.80. The number of benzene rings is 2. The number of nitrogens with zero attached hydrogens (tertiary/aromatic N) is 2. The molecule has 2 heterocycles. The van der Waals surface area contributed by atoms with Crippen LogP contribution in [-0.4, -0.2) is 9.97 Å². The number of hydrogen-bond donors (Lipinski definition) is 0. The van der Waals surface area contributed by atoms with Crippen molar-refractivity contribution in [1.29, 1.82) is 0 Å². The van der Waals surface area contributed by atoms with Crippen molar-refractivity contribution < 1.29 is 25.2 Å². The zero-order valence-electron chi connectivity index (χ0n) is 16.5. The van der Waals surface area contributed by atoms with E-state index in [-0.39, 0.29) is 20.4 Å². The van der Waals surface area contributed by atoms with Crippen LogP contribution in [0.5, 0.6) is 11.5 Å². The van der Waals surface area contributed by atoms with Crippen molar-refractivity contribution in [2.45, 2.75) is 20.8 Å². The van der Waals surface area contributed by atoms with Gasteiger partial charge in [0.05, 0.1) is 0 Å². The summed E-state index contributed by atoms with van der Waals surface area (Å²) in [5.74, 6) is 1.29. The third-order valence-electron chi connectivity index (χ3n) is 4.33. The van der Waals surface area contributed by atoms with E-state index >= 15 is 0 Å². The van der Waals surface area contributed by atoms with Crippen LogP contribution in [0.1, 0.15) is 16.7 Å². The second kappa shape index (κ2) is 9.13. The van der Waals surface area contributed by atoms with E-state index < -0.39 is 0 Å². The van der Waals surface area contributed by atoms with E-state index in [9.17, 15) is 0 Å². The van der Waals surface area contributed by atoms with Crippen molar-refractivity contribution in [3.63, 3.8) is 0 Å². The number of ether oxygens (including phenoxy) is 1. The molecule has 0 spiro atoms. The van der Waals surface area contributed by atoms with Crippen LogP contribution in [-0.2, 0) is 20.4 Å². The number of pyridine rings is 2. The Morgan fingerprint density at radius 1 is 0.655 bits per heavy atom. The molecule has 0 amide bonds. The fraction of sp³-hybridized carbons (Fsp3) is 0.120. The number of rotatable bonds is 4. The third-order valence-corrected chi connectivity index (χ3v) is 4.33. The molecular weight excluding hydrogens is 451 g/mol. The van der Waals surface area contributed by atoms with Gasteiger partial charge in [0, 0.05) is 23.9 Å². The van der Waals surface area contributed by atoms with Gasteiger partial charge in [0.25, 0.3) is 0 Å². The molecule has 0 aliphatic heterocycles. The molecule has 146 valence electrons. The molecule has 0 saturated heterocycles. The molecule has 4 aromatic rings. The summed E-state index contributed by atoms with van der Waals surface area (Å²) in [6.07, 6.45) is 3.59. The van der Waals surface area contributed by atoms with E-state index in [1.54, 1.807) is 6.20 Å².